The molecule has 0 bridgehead atoms. The minimum Gasteiger partial charge on any atom is -0.487 e. The molecule has 0 unspecified atom stereocenters. The van der Waals surface area contributed by atoms with Gasteiger partial charge in [-0.05, 0) is 25.0 Å². The van der Waals surface area contributed by atoms with Crippen molar-refractivity contribution in [2.24, 2.45) is 0 Å². The van der Waals surface area contributed by atoms with Gasteiger partial charge in [-0.1, -0.05) is 0 Å². The molecule has 16 heavy (non-hydrogen) atoms. The van der Waals surface area contributed by atoms with Gasteiger partial charge in [0.15, 0.2) is 11.6 Å². The van der Waals surface area contributed by atoms with Crippen molar-refractivity contribution in [1.29, 1.82) is 0 Å². The van der Waals surface area contributed by atoms with Gasteiger partial charge in [0.05, 0.1) is 18.0 Å². The highest BCUT2D eigenvalue weighted by molar-refractivity contribution is 7.92. The first-order valence-electron chi connectivity index (χ1n) is 4.88. The van der Waals surface area contributed by atoms with E-state index in [9.17, 15) is 12.8 Å². The lowest BCUT2D eigenvalue weighted by Crippen LogP contribution is -2.09. The summed E-state index contributed by atoms with van der Waals surface area (Å²) in [7, 11) is -3.37. The van der Waals surface area contributed by atoms with Gasteiger partial charge in [0.2, 0.25) is 10.0 Å². The lowest BCUT2D eigenvalue weighted by atomic mass is 10.3. The van der Waals surface area contributed by atoms with Crippen LogP contribution in [0.3, 0.4) is 0 Å². The maximum absolute atomic E-state index is 13.5. The normalized spacial score (nSPS) is 15.9. The van der Waals surface area contributed by atoms with E-state index in [0.717, 1.165) is 25.2 Å². The molecule has 6 heteroatoms. The molecule has 0 amide bonds. The second kappa shape index (κ2) is 3.93. The number of hydrogen-bond donors (Lipinski definition) is 1. The van der Waals surface area contributed by atoms with Crippen molar-refractivity contribution in [3.8, 4) is 5.75 Å². The van der Waals surface area contributed by atoms with Crippen LogP contribution < -0.4 is 9.46 Å². The third-order valence-corrected chi connectivity index (χ3v) is 2.66. The van der Waals surface area contributed by atoms with Crippen LogP contribution in [0.25, 0.3) is 0 Å². The van der Waals surface area contributed by atoms with Crippen molar-refractivity contribution in [3.05, 3.63) is 24.0 Å². The van der Waals surface area contributed by atoms with Gasteiger partial charge >= 0.3 is 0 Å². The summed E-state index contributed by atoms with van der Waals surface area (Å²) in [4.78, 5) is 0. The summed E-state index contributed by atoms with van der Waals surface area (Å²) >= 11 is 0. The van der Waals surface area contributed by atoms with Crippen LogP contribution in [0, 0.1) is 5.82 Å². The van der Waals surface area contributed by atoms with Crippen LogP contribution in [0.15, 0.2) is 18.2 Å². The highest BCUT2D eigenvalue weighted by Crippen LogP contribution is 2.29. The summed E-state index contributed by atoms with van der Waals surface area (Å²) in [6.07, 6.45) is 3.02. The van der Waals surface area contributed by atoms with E-state index in [-0.39, 0.29) is 17.5 Å². The predicted octanol–water partition coefficient (Wildman–Crippen LogP) is 1.74. The number of ether oxygens (including phenoxy) is 1. The molecule has 2 rings (SSSR count). The van der Waals surface area contributed by atoms with E-state index in [1.165, 1.54) is 12.1 Å². The van der Waals surface area contributed by atoms with E-state index < -0.39 is 15.8 Å². The first-order chi connectivity index (χ1) is 7.44. The van der Waals surface area contributed by atoms with Crippen molar-refractivity contribution >= 4 is 15.7 Å². The van der Waals surface area contributed by atoms with Crippen molar-refractivity contribution < 1.29 is 17.5 Å². The van der Waals surface area contributed by atoms with Crippen LogP contribution in [0.2, 0.25) is 0 Å². The van der Waals surface area contributed by atoms with E-state index >= 15 is 0 Å². The number of hydrogen-bond acceptors (Lipinski definition) is 3. The zero-order chi connectivity index (χ0) is 11.8. The summed E-state index contributed by atoms with van der Waals surface area (Å²) in [6, 6.07) is 4.02. The molecule has 0 spiro atoms. The molecule has 1 aliphatic rings. The Balaban J connectivity index is 2.14. The number of rotatable bonds is 4. The molecule has 0 aliphatic heterocycles. The minimum absolute atomic E-state index is 0.114. The van der Waals surface area contributed by atoms with E-state index in [2.05, 4.69) is 4.72 Å². The number of nitrogens with one attached hydrogen (secondary N) is 1. The molecule has 1 aliphatic carbocycles. The fourth-order valence-corrected chi connectivity index (χ4v) is 1.79. The highest BCUT2D eigenvalue weighted by Gasteiger charge is 2.24. The first-order valence-corrected chi connectivity index (χ1v) is 6.77. The molecular weight excluding hydrogens is 233 g/mol. The average Bonchev–Trinajstić information content (AvgIpc) is 2.90. The second-order valence-corrected chi connectivity index (χ2v) is 5.59. The third-order valence-electron chi connectivity index (χ3n) is 2.05. The highest BCUT2D eigenvalue weighted by atomic mass is 32.2. The molecule has 0 heterocycles. The van der Waals surface area contributed by atoms with Crippen LogP contribution in [-0.2, 0) is 10.0 Å². The van der Waals surface area contributed by atoms with Gasteiger partial charge in [0, 0.05) is 6.07 Å². The van der Waals surface area contributed by atoms with Gasteiger partial charge in [0.25, 0.3) is 0 Å². The fraction of sp³-hybridized carbons (Fsp3) is 0.400. The Kier molecular flexibility index (Phi) is 2.75. The zero-order valence-electron chi connectivity index (χ0n) is 8.73. The molecule has 1 saturated carbocycles. The number of anilines is 1. The molecule has 0 saturated heterocycles. The van der Waals surface area contributed by atoms with Crippen LogP contribution in [0.1, 0.15) is 12.8 Å². The number of benzene rings is 1. The molecule has 0 atom stereocenters. The van der Waals surface area contributed by atoms with Crippen molar-refractivity contribution in [1.82, 2.24) is 0 Å². The van der Waals surface area contributed by atoms with Crippen LogP contribution in [0.5, 0.6) is 5.75 Å². The molecule has 1 aromatic rings. The molecule has 88 valence electrons. The summed E-state index contributed by atoms with van der Waals surface area (Å²) in [5.41, 5.74) is 0.197. The molecular formula is C10H12FNO3S. The molecule has 1 N–H and O–H groups in total. The van der Waals surface area contributed by atoms with Gasteiger partial charge in [0.1, 0.15) is 0 Å². The molecule has 1 aromatic carbocycles. The Hall–Kier alpha value is -1.30. The largest absolute Gasteiger partial charge is 0.487 e. The standard InChI is InChI=1S/C10H12FNO3S/c1-16(13,14)12-7-2-5-10(9(11)6-7)15-8-3-4-8/h2,5-6,8,12H,3-4H2,1H3. The van der Waals surface area contributed by atoms with Crippen LogP contribution in [0.4, 0.5) is 10.1 Å². The smallest absolute Gasteiger partial charge is 0.229 e. The van der Waals surface area contributed by atoms with Crippen molar-refractivity contribution in [2.75, 3.05) is 11.0 Å². The summed E-state index contributed by atoms with van der Waals surface area (Å²) in [6.45, 7) is 0. The lowest BCUT2D eigenvalue weighted by Gasteiger charge is -2.08. The van der Waals surface area contributed by atoms with Gasteiger partial charge in [-0.25, -0.2) is 12.8 Å². The molecule has 0 aromatic heterocycles. The zero-order valence-corrected chi connectivity index (χ0v) is 9.55. The number of halogens is 1. The predicted molar refractivity (Wildman–Crippen MR) is 58.5 cm³/mol. The Morgan fingerprint density at radius 3 is 2.62 bits per heavy atom. The van der Waals surface area contributed by atoms with Crippen molar-refractivity contribution in [3.63, 3.8) is 0 Å². The van der Waals surface area contributed by atoms with Gasteiger partial charge in [-0.2, -0.15) is 0 Å². The maximum Gasteiger partial charge on any atom is 0.229 e. The second-order valence-electron chi connectivity index (χ2n) is 3.84. The third kappa shape index (κ3) is 3.10. The topological polar surface area (TPSA) is 55.4 Å². The van der Waals surface area contributed by atoms with E-state index in [4.69, 9.17) is 4.74 Å². The summed E-state index contributed by atoms with van der Waals surface area (Å²) in [5.74, 6) is -0.387. The first kappa shape index (κ1) is 11.2. The monoisotopic (exact) mass is 245 g/mol. The lowest BCUT2D eigenvalue weighted by molar-refractivity contribution is 0.287. The molecule has 4 nitrogen and oxygen atoms in total. The quantitative estimate of drug-likeness (QED) is 0.879. The number of sulfonamides is 1. The Morgan fingerprint density at radius 2 is 2.12 bits per heavy atom. The van der Waals surface area contributed by atoms with E-state index in [0.29, 0.717) is 0 Å². The SMILES string of the molecule is CS(=O)(=O)Nc1ccc(OC2CC2)c(F)c1. The van der Waals surface area contributed by atoms with E-state index in [1.54, 1.807) is 0 Å². The average molecular weight is 245 g/mol. The minimum atomic E-state index is -3.37. The molecule has 1 fully saturated rings. The van der Waals surface area contributed by atoms with E-state index in [1.807, 2.05) is 0 Å². The van der Waals surface area contributed by atoms with Gasteiger partial charge < -0.3 is 4.74 Å². The van der Waals surface area contributed by atoms with Gasteiger partial charge in [-0.15, -0.1) is 0 Å². The molecule has 0 radical (unpaired) electrons. The van der Waals surface area contributed by atoms with Crippen LogP contribution in [-0.4, -0.2) is 20.8 Å². The van der Waals surface area contributed by atoms with Crippen LogP contribution >= 0.6 is 0 Å². The Morgan fingerprint density at radius 1 is 1.44 bits per heavy atom. The van der Waals surface area contributed by atoms with Gasteiger partial charge in [-0.3, -0.25) is 4.72 Å². The Bertz CT molecular complexity index is 497. The Labute approximate surface area is 93.5 Å². The fourth-order valence-electron chi connectivity index (χ4n) is 1.24. The summed E-state index contributed by atoms with van der Waals surface area (Å²) in [5, 5.41) is 0. The maximum atomic E-state index is 13.5. The summed E-state index contributed by atoms with van der Waals surface area (Å²) < 4.78 is 42.8. The van der Waals surface area contributed by atoms with Crippen molar-refractivity contribution in [2.45, 2.75) is 18.9 Å².